The lowest BCUT2D eigenvalue weighted by atomic mass is 10.2. The van der Waals surface area contributed by atoms with E-state index in [1.54, 1.807) is 19.2 Å². The van der Waals surface area contributed by atoms with Gasteiger partial charge in [-0.25, -0.2) is 4.39 Å². The van der Waals surface area contributed by atoms with E-state index in [2.05, 4.69) is 20.9 Å². The van der Waals surface area contributed by atoms with E-state index in [0.29, 0.717) is 16.9 Å². The topological polar surface area (TPSA) is 65.5 Å². The molecule has 1 heterocycles. The molecule has 3 N–H and O–H groups in total. The van der Waals surface area contributed by atoms with E-state index in [-0.39, 0.29) is 42.2 Å². The van der Waals surface area contributed by atoms with Gasteiger partial charge in [0, 0.05) is 24.5 Å². The number of nitrogens with zero attached hydrogens (tertiary/aromatic N) is 1. The number of nitrogens with one attached hydrogen (secondary N) is 3. The van der Waals surface area contributed by atoms with Crippen molar-refractivity contribution in [3.8, 4) is 0 Å². The molecule has 23 heavy (non-hydrogen) atoms. The van der Waals surface area contributed by atoms with Crippen molar-refractivity contribution in [2.24, 2.45) is 4.99 Å². The van der Waals surface area contributed by atoms with Crippen molar-refractivity contribution in [2.75, 3.05) is 31.2 Å². The maximum Gasteiger partial charge on any atom is 0.243 e. The standard InChI is InChI=1S/C15H21FN4OS.HI/c1-17-15(18-9-13-6-3-7-22-13)19-10-14(21)20-12-5-2-4-11(16)8-12;/h2,4-5,8,13H,3,6-7,9-10H2,1H3,(H,20,21)(H2,17,18,19);1H. The maximum atomic E-state index is 13.0. The lowest BCUT2D eigenvalue weighted by molar-refractivity contribution is -0.115. The number of carbonyl (C=O) groups excluding carboxylic acids is 1. The first kappa shape index (κ1) is 20.0. The quantitative estimate of drug-likeness (QED) is 0.365. The van der Waals surface area contributed by atoms with Gasteiger partial charge in [0.05, 0.1) is 6.54 Å². The predicted molar refractivity (Wildman–Crippen MR) is 105 cm³/mol. The SMILES string of the molecule is CN=C(NCC(=O)Nc1cccc(F)c1)NCC1CCCS1.I. The van der Waals surface area contributed by atoms with Gasteiger partial charge in [0.1, 0.15) is 5.82 Å². The minimum atomic E-state index is -0.378. The molecule has 1 unspecified atom stereocenters. The fourth-order valence-electron chi connectivity index (χ4n) is 2.17. The second-order valence-corrected chi connectivity index (χ2v) is 6.41. The molecule has 1 fully saturated rings. The van der Waals surface area contributed by atoms with Crippen molar-refractivity contribution in [3.63, 3.8) is 0 Å². The largest absolute Gasteiger partial charge is 0.355 e. The van der Waals surface area contributed by atoms with Crippen molar-refractivity contribution in [1.29, 1.82) is 0 Å². The Morgan fingerprint density at radius 1 is 1.43 bits per heavy atom. The number of halogens is 2. The van der Waals surface area contributed by atoms with Crippen LogP contribution in [0.3, 0.4) is 0 Å². The molecule has 8 heteroatoms. The van der Waals surface area contributed by atoms with Gasteiger partial charge >= 0.3 is 0 Å². The molecule has 1 atom stereocenters. The van der Waals surface area contributed by atoms with Crippen LogP contribution in [0.1, 0.15) is 12.8 Å². The second-order valence-electron chi connectivity index (χ2n) is 5.00. The van der Waals surface area contributed by atoms with Gasteiger partial charge in [-0.15, -0.1) is 24.0 Å². The van der Waals surface area contributed by atoms with Gasteiger partial charge in [0.15, 0.2) is 5.96 Å². The lowest BCUT2D eigenvalue weighted by Crippen LogP contribution is -2.43. The summed E-state index contributed by atoms with van der Waals surface area (Å²) in [6, 6.07) is 5.81. The predicted octanol–water partition coefficient (Wildman–Crippen LogP) is 2.44. The summed E-state index contributed by atoms with van der Waals surface area (Å²) >= 11 is 1.96. The average molecular weight is 452 g/mol. The fourth-order valence-corrected chi connectivity index (χ4v) is 3.37. The van der Waals surface area contributed by atoms with Crippen molar-refractivity contribution >= 4 is 53.3 Å². The van der Waals surface area contributed by atoms with E-state index < -0.39 is 0 Å². The third-order valence-corrected chi connectivity index (χ3v) is 4.67. The molecule has 0 bridgehead atoms. The van der Waals surface area contributed by atoms with Crippen LogP contribution in [0.2, 0.25) is 0 Å². The molecular weight excluding hydrogens is 430 g/mol. The number of rotatable bonds is 5. The van der Waals surface area contributed by atoms with Crippen molar-refractivity contribution < 1.29 is 9.18 Å². The minimum absolute atomic E-state index is 0. The molecule has 128 valence electrons. The number of anilines is 1. The Morgan fingerprint density at radius 2 is 2.26 bits per heavy atom. The zero-order chi connectivity index (χ0) is 15.8. The summed E-state index contributed by atoms with van der Waals surface area (Å²) in [6.45, 7) is 0.920. The summed E-state index contributed by atoms with van der Waals surface area (Å²) in [5.41, 5.74) is 0.442. The molecule has 1 aromatic carbocycles. The van der Waals surface area contributed by atoms with E-state index in [1.165, 1.54) is 30.7 Å². The van der Waals surface area contributed by atoms with Crippen LogP contribution in [0.5, 0.6) is 0 Å². The van der Waals surface area contributed by atoms with E-state index >= 15 is 0 Å². The maximum absolute atomic E-state index is 13.0. The zero-order valence-corrected chi connectivity index (χ0v) is 16.1. The fraction of sp³-hybridized carbons (Fsp3) is 0.467. The third kappa shape index (κ3) is 7.38. The van der Waals surface area contributed by atoms with Crippen LogP contribution in [-0.2, 0) is 4.79 Å². The zero-order valence-electron chi connectivity index (χ0n) is 13.0. The second kappa shape index (κ2) is 10.7. The van der Waals surface area contributed by atoms with E-state index in [1.807, 2.05) is 11.8 Å². The van der Waals surface area contributed by atoms with E-state index in [4.69, 9.17) is 0 Å². The smallest absolute Gasteiger partial charge is 0.243 e. The number of benzene rings is 1. The first-order valence-corrected chi connectivity index (χ1v) is 8.34. The number of hydrogen-bond donors (Lipinski definition) is 3. The van der Waals surface area contributed by atoms with Crippen LogP contribution in [0.4, 0.5) is 10.1 Å². The molecule has 1 aliphatic rings. The van der Waals surface area contributed by atoms with Crippen LogP contribution in [-0.4, -0.2) is 43.0 Å². The van der Waals surface area contributed by atoms with Gasteiger partial charge < -0.3 is 16.0 Å². The highest BCUT2D eigenvalue weighted by Crippen LogP contribution is 2.25. The molecule has 1 saturated heterocycles. The number of aliphatic imine (C=N–C) groups is 1. The Bertz CT molecular complexity index is 538. The first-order chi connectivity index (χ1) is 10.7. The summed E-state index contributed by atoms with van der Waals surface area (Å²) in [5.74, 6) is 1.19. The Balaban J connectivity index is 0.00000264. The number of thioether (sulfide) groups is 1. The molecule has 1 aliphatic heterocycles. The summed E-state index contributed by atoms with van der Waals surface area (Å²) in [5, 5.41) is 9.41. The molecule has 0 spiro atoms. The Kier molecular flexibility index (Phi) is 9.30. The van der Waals surface area contributed by atoms with Gasteiger partial charge in [-0.1, -0.05) is 6.07 Å². The van der Waals surface area contributed by atoms with E-state index in [9.17, 15) is 9.18 Å². The van der Waals surface area contributed by atoms with Crippen LogP contribution >= 0.6 is 35.7 Å². The monoisotopic (exact) mass is 452 g/mol. The molecule has 1 amide bonds. The highest BCUT2D eigenvalue weighted by molar-refractivity contribution is 14.0. The highest BCUT2D eigenvalue weighted by atomic mass is 127. The van der Waals surface area contributed by atoms with Gasteiger partial charge in [-0.05, 0) is 36.8 Å². The van der Waals surface area contributed by atoms with Crippen molar-refractivity contribution in [3.05, 3.63) is 30.1 Å². The van der Waals surface area contributed by atoms with Crippen LogP contribution < -0.4 is 16.0 Å². The molecule has 1 aromatic rings. The summed E-state index contributed by atoms with van der Waals surface area (Å²) in [7, 11) is 1.67. The van der Waals surface area contributed by atoms with Crippen LogP contribution in [0, 0.1) is 5.82 Å². The van der Waals surface area contributed by atoms with Crippen molar-refractivity contribution in [1.82, 2.24) is 10.6 Å². The van der Waals surface area contributed by atoms with Crippen LogP contribution in [0.25, 0.3) is 0 Å². The van der Waals surface area contributed by atoms with E-state index in [0.717, 1.165) is 6.54 Å². The summed E-state index contributed by atoms with van der Waals surface area (Å²) in [6.07, 6.45) is 2.48. The Morgan fingerprint density at radius 3 is 2.91 bits per heavy atom. The summed E-state index contributed by atoms with van der Waals surface area (Å²) in [4.78, 5) is 15.9. The molecule has 5 nitrogen and oxygen atoms in total. The molecule has 0 saturated carbocycles. The molecule has 0 aliphatic carbocycles. The van der Waals surface area contributed by atoms with Gasteiger partial charge in [-0.3, -0.25) is 9.79 Å². The van der Waals surface area contributed by atoms with Gasteiger partial charge in [0.25, 0.3) is 0 Å². The number of hydrogen-bond acceptors (Lipinski definition) is 3. The minimum Gasteiger partial charge on any atom is -0.355 e. The van der Waals surface area contributed by atoms with Gasteiger partial charge in [-0.2, -0.15) is 11.8 Å². The third-order valence-electron chi connectivity index (χ3n) is 3.27. The Labute approximate surface area is 157 Å². The van der Waals surface area contributed by atoms with Gasteiger partial charge in [0.2, 0.25) is 5.91 Å². The van der Waals surface area contributed by atoms with Crippen molar-refractivity contribution in [2.45, 2.75) is 18.1 Å². The molecule has 2 rings (SSSR count). The number of amides is 1. The molecule has 0 aromatic heterocycles. The Hall–Kier alpha value is -1.03. The lowest BCUT2D eigenvalue weighted by Gasteiger charge is -2.14. The number of carbonyl (C=O) groups is 1. The van der Waals surface area contributed by atoms with Crippen LogP contribution in [0.15, 0.2) is 29.3 Å². The highest BCUT2D eigenvalue weighted by Gasteiger charge is 2.15. The molecule has 0 radical (unpaired) electrons. The number of guanidine groups is 1. The average Bonchev–Trinajstić information content (AvgIpc) is 3.01. The summed E-state index contributed by atoms with van der Waals surface area (Å²) < 4.78 is 13.0. The first-order valence-electron chi connectivity index (χ1n) is 7.29. The normalized spacial score (nSPS) is 17.3. The molecular formula is C15H22FIN4OS.